The molecule has 1 aliphatic rings. The predicted octanol–water partition coefficient (Wildman–Crippen LogP) is 4.57. The van der Waals surface area contributed by atoms with Crippen LogP contribution in [0.5, 0.6) is 0 Å². The first-order valence-electron chi connectivity index (χ1n) is 9.69. The highest BCUT2D eigenvalue weighted by Gasteiger charge is 2.39. The SMILES string of the molecule is CCc1nnc2n1NC(c1ccc(C)cc1)C(C(=O)Nc1ccccc1C(F)(F)F)S2. The van der Waals surface area contributed by atoms with E-state index in [1.54, 1.807) is 4.68 Å². The summed E-state index contributed by atoms with van der Waals surface area (Å²) in [6, 6.07) is 12.1. The number of carbonyl (C=O) groups excluding carboxylic acids is 1. The molecule has 0 bridgehead atoms. The first kappa shape index (κ1) is 21.2. The van der Waals surface area contributed by atoms with E-state index in [-0.39, 0.29) is 5.69 Å². The molecule has 2 aromatic carbocycles. The van der Waals surface area contributed by atoms with Crippen molar-refractivity contribution in [3.05, 3.63) is 71.0 Å². The summed E-state index contributed by atoms with van der Waals surface area (Å²) in [6.45, 7) is 3.90. The number of nitrogens with one attached hydrogen (secondary N) is 2. The highest BCUT2D eigenvalue weighted by molar-refractivity contribution is 8.00. The second-order valence-corrected chi connectivity index (χ2v) is 8.28. The molecule has 0 aliphatic carbocycles. The molecular formula is C21H20F3N5OS. The van der Waals surface area contributed by atoms with Crippen LogP contribution in [0.25, 0.3) is 0 Å². The number of rotatable bonds is 4. The van der Waals surface area contributed by atoms with Gasteiger partial charge < -0.3 is 10.7 Å². The molecule has 0 fully saturated rings. The molecule has 2 heterocycles. The van der Waals surface area contributed by atoms with Gasteiger partial charge in [-0.25, -0.2) is 4.68 Å². The van der Waals surface area contributed by atoms with Gasteiger partial charge in [-0.05, 0) is 24.6 Å². The van der Waals surface area contributed by atoms with Gasteiger partial charge in [-0.15, -0.1) is 10.2 Å². The fourth-order valence-electron chi connectivity index (χ4n) is 3.39. The lowest BCUT2D eigenvalue weighted by atomic mass is 10.0. The Bertz CT molecular complexity index is 1100. The molecule has 31 heavy (non-hydrogen) atoms. The molecule has 2 unspecified atom stereocenters. The number of aryl methyl sites for hydroxylation is 2. The van der Waals surface area contributed by atoms with E-state index in [0.29, 0.717) is 17.4 Å². The number of benzene rings is 2. The van der Waals surface area contributed by atoms with E-state index < -0.39 is 28.9 Å². The smallest absolute Gasteiger partial charge is 0.324 e. The summed E-state index contributed by atoms with van der Waals surface area (Å²) in [5.41, 5.74) is 4.02. The van der Waals surface area contributed by atoms with Gasteiger partial charge in [0.1, 0.15) is 5.25 Å². The third-order valence-corrected chi connectivity index (χ3v) is 6.22. The standard InChI is InChI=1S/C21H20F3N5OS/c1-3-16-26-27-20-29(16)28-17(13-10-8-12(2)9-11-13)18(31-20)19(30)25-15-7-5-4-6-14(15)21(22,23)24/h4-11,17-18,28H,3H2,1-2H3,(H,25,30). The van der Waals surface area contributed by atoms with Gasteiger partial charge in [-0.1, -0.05) is 60.6 Å². The van der Waals surface area contributed by atoms with Crippen molar-refractivity contribution in [2.75, 3.05) is 10.7 Å². The van der Waals surface area contributed by atoms with Gasteiger partial charge in [-0.3, -0.25) is 4.79 Å². The van der Waals surface area contributed by atoms with Crippen LogP contribution < -0.4 is 10.7 Å². The maximum Gasteiger partial charge on any atom is 0.418 e. The van der Waals surface area contributed by atoms with Crippen LogP contribution >= 0.6 is 11.8 Å². The number of para-hydroxylation sites is 1. The number of hydrogen-bond donors (Lipinski definition) is 2. The number of aromatic nitrogens is 3. The van der Waals surface area contributed by atoms with Crippen molar-refractivity contribution in [2.24, 2.45) is 0 Å². The minimum Gasteiger partial charge on any atom is -0.324 e. The minimum absolute atomic E-state index is 0.274. The van der Waals surface area contributed by atoms with Crippen LogP contribution in [-0.2, 0) is 17.4 Å². The molecule has 10 heteroatoms. The summed E-state index contributed by atoms with van der Waals surface area (Å²) in [5, 5.41) is 10.5. The summed E-state index contributed by atoms with van der Waals surface area (Å²) in [7, 11) is 0. The monoisotopic (exact) mass is 447 g/mol. The van der Waals surface area contributed by atoms with Crippen molar-refractivity contribution in [2.45, 2.75) is 42.9 Å². The molecule has 1 aliphatic heterocycles. The Morgan fingerprint density at radius 2 is 1.87 bits per heavy atom. The first-order valence-corrected chi connectivity index (χ1v) is 10.6. The number of fused-ring (bicyclic) bond motifs is 1. The molecule has 162 valence electrons. The van der Waals surface area contributed by atoms with Crippen LogP contribution in [0.1, 0.15) is 35.5 Å². The zero-order chi connectivity index (χ0) is 22.2. The zero-order valence-corrected chi connectivity index (χ0v) is 17.6. The molecule has 6 nitrogen and oxygen atoms in total. The number of hydrogen-bond acceptors (Lipinski definition) is 5. The van der Waals surface area contributed by atoms with E-state index in [1.807, 2.05) is 38.1 Å². The zero-order valence-electron chi connectivity index (χ0n) is 16.8. The maximum atomic E-state index is 13.4. The molecule has 0 saturated heterocycles. The Morgan fingerprint density at radius 1 is 1.16 bits per heavy atom. The Labute approximate surface area is 181 Å². The molecule has 0 radical (unpaired) electrons. The van der Waals surface area contributed by atoms with Gasteiger partial charge in [0.15, 0.2) is 5.82 Å². The lowest BCUT2D eigenvalue weighted by Gasteiger charge is -2.33. The van der Waals surface area contributed by atoms with Crippen LogP contribution in [0.2, 0.25) is 0 Å². The fourth-order valence-corrected chi connectivity index (χ4v) is 4.49. The highest BCUT2D eigenvalue weighted by atomic mass is 32.2. The highest BCUT2D eigenvalue weighted by Crippen LogP contribution is 2.39. The summed E-state index contributed by atoms with van der Waals surface area (Å²) < 4.78 is 41.8. The van der Waals surface area contributed by atoms with E-state index >= 15 is 0 Å². The normalized spacial score (nSPS) is 18.2. The van der Waals surface area contributed by atoms with Gasteiger partial charge >= 0.3 is 6.18 Å². The van der Waals surface area contributed by atoms with E-state index in [0.717, 1.165) is 17.2 Å². The lowest BCUT2D eigenvalue weighted by Crippen LogP contribution is -2.41. The van der Waals surface area contributed by atoms with E-state index in [9.17, 15) is 18.0 Å². The number of halogens is 3. The summed E-state index contributed by atoms with van der Waals surface area (Å²) in [6.07, 6.45) is -3.94. The number of amides is 1. The molecule has 3 aromatic rings. The summed E-state index contributed by atoms with van der Waals surface area (Å²) >= 11 is 1.17. The largest absolute Gasteiger partial charge is 0.418 e. The van der Waals surface area contributed by atoms with Gasteiger partial charge in [0.2, 0.25) is 11.1 Å². The number of nitrogens with zero attached hydrogens (tertiary/aromatic N) is 3. The van der Waals surface area contributed by atoms with Gasteiger partial charge in [0.25, 0.3) is 0 Å². The Balaban J connectivity index is 1.69. The molecule has 1 aromatic heterocycles. The van der Waals surface area contributed by atoms with Crippen molar-refractivity contribution in [1.82, 2.24) is 14.9 Å². The number of anilines is 1. The molecule has 1 amide bonds. The molecule has 2 N–H and O–H groups in total. The van der Waals surface area contributed by atoms with Gasteiger partial charge in [0, 0.05) is 6.42 Å². The molecule has 4 rings (SSSR count). The Hall–Kier alpha value is -3.01. The first-order chi connectivity index (χ1) is 14.8. The lowest BCUT2D eigenvalue weighted by molar-refractivity contribution is -0.137. The van der Waals surface area contributed by atoms with Crippen LogP contribution in [0.3, 0.4) is 0 Å². The third-order valence-electron chi connectivity index (χ3n) is 5.01. The molecular weight excluding hydrogens is 427 g/mol. The van der Waals surface area contributed by atoms with E-state index in [2.05, 4.69) is 20.9 Å². The van der Waals surface area contributed by atoms with Crippen molar-refractivity contribution < 1.29 is 18.0 Å². The Kier molecular flexibility index (Phi) is 5.65. The second kappa shape index (κ2) is 8.26. The third kappa shape index (κ3) is 4.25. The Morgan fingerprint density at radius 3 is 2.55 bits per heavy atom. The number of thioether (sulfide) groups is 1. The van der Waals surface area contributed by atoms with Crippen molar-refractivity contribution in [1.29, 1.82) is 0 Å². The van der Waals surface area contributed by atoms with Crippen molar-refractivity contribution in [3.63, 3.8) is 0 Å². The molecule has 0 spiro atoms. The minimum atomic E-state index is -4.58. The van der Waals surface area contributed by atoms with Crippen LogP contribution in [0, 0.1) is 6.92 Å². The van der Waals surface area contributed by atoms with Gasteiger partial charge in [-0.2, -0.15) is 13.2 Å². The number of carbonyl (C=O) groups is 1. The molecule has 0 saturated carbocycles. The van der Waals surface area contributed by atoms with E-state index in [4.69, 9.17) is 0 Å². The van der Waals surface area contributed by atoms with Crippen LogP contribution in [-0.4, -0.2) is 26.0 Å². The second-order valence-electron chi connectivity index (χ2n) is 7.18. The quantitative estimate of drug-likeness (QED) is 0.613. The summed E-state index contributed by atoms with van der Waals surface area (Å²) in [4.78, 5) is 13.2. The van der Waals surface area contributed by atoms with E-state index in [1.165, 1.54) is 30.0 Å². The van der Waals surface area contributed by atoms with Crippen LogP contribution in [0.4, 0.5) is 18.9 Å². The van der Waals surface area contributed by atoms with Crippen molar-refractivity contribution >= 4 is 23.4 Å². The van der Waals surface area contributed by atoms with Crippen LogP contribution in [0.15, 0.2) is 53.7 Å². The van der Waals surface area contributed by atoms with Gasteiger partial charge in [0.05, 0.1) is 17.3 Å². The predicted molar refractivity (Wildman–Crippen MR) is 112 cm³/mol. The molecule has 2 atom stereocenters. The average Bonchev–Trinajstić information content (AvgIpc) is 3.15. The fraction of sp³-hybridized carbons (Fsp3) is 0.286. The maximum absolute atomic E-state index is 13.4. The van der Waals surface area contributed by atoms with Crippen molar-refractivity contribution in [3.8, 4) is 0 Å². The summed E-state index contributed by atoms with van der Waals surface area (Å²) in [5.74, 6) is 0.160. The average molecular weight is 447 g/mol. The topological polar surface area (TPSA) is 71.8 Å². The number of alkyl halides is 3.